The van der Waals surface area contributed by atoms with Crippen LogP contribution in [0.2, 0.25) is 0 Å². The smallest absolute Gasteiger partial charge is 0.417 e. The predicted molar refractivity (Wildman–Crippen MR) is 556 cm³/mol. The fourth-order valence-electron chi connectivity index (χ4n) is 20.5. The first-order chi connectivity index (χ1) is 62.7. The lowest BCUT2D eigenvalue weighted by molar-refractivity contribution is -0.383. The number of azide groups is 1. The number of nitro groups is 1. The number of nitrogens with zero attached hydrogens (tertiary/aromatic N) is 10. The van der Waals surface area contributed by atoms with Gasteiger partial charge in [0.05, 0.1) is 15.9 Å². The minimum Gasteiger partial charge on any atom is -0.507 e. The summed E-state index contributed by atoms with van der Waals surface area (Å²) < 4.78 is 40.7. The van der Waals surface area contributed by atoms with Crippen LogP contribution < -0.4 is 29.4 Å². The molecule has 29 heteroatoms. The van der Waals surface area contributed by atoms with E-state index in [1.165, 1.54) is 40.3 Å². The van der Waals surface area contributed by atoms with Crippen molar-refractivity contribution in [2.75, 3.05) is 104 Å². The second-order valence-electron chi connectivity index (χ2n) is 41.4. The van der Waals surface area contributed by atoms with Crippen LogP contribution in [0.5, 0.6) is 40.2 Å². The number of phenols is 7. The summed E-state index contributed by atoms with van der Waals surface area (Å²) in [6, 6.07) is 42.0. The van der Waals surface area contributed by atoms with E-state index in [0.29, 0.717) is 98.4 Å². The zero-order valence-electron chi connectivity index (χ0n) is 79.3. The molecule has 714 valence electrons. The molecule has 0 amide bonds. The van der Waals surface area contributed by atoms with Gasteiger partial charge < -0.3 is 65.1 Å². The molecule has 7 N–H and O–H groups in total. The minimum absolute atomic E-state index is 0.00454. The van der Waals surface area contributed by atoms with Crippen LogP contribution in [0.25, 0.3) is 75.1 Å². The van der Waals surface area contributed by atoms with Crippen molar-refractivity contribution < 1.29 is 53.8 Å². The molecule has 0 saturated heterocycles. The van der Waals surface area contributed by atoms with Crippen LogP contribution in [0.15, 0.2) is 156 Å². The molecule has 12 aromatic carbocycles. The third-order valence-corrected chi connectivity index (χ3v) is 29.2. The number of alkyl halides is 9. The number of benzene rings is 12. The van der Waals surface area contributed by atoms with Gasteiger partial charge >= 0.3 is 6.18 Å². The van der Waals surface area contributed by atoms with Crippen molar-refractivity contribution >= 4 is 192 Å². The third-order valence-electron chi connectivity index (χ3n) is 26.6. The lowest BCUT2D eigenvalue weighted by atomic mass is 9.91. The minimum atomic E-state index is -4.49. The van der Waals surface area contributed by atoms with Gasteiger partial charge in [0.1, 0.15) is 40.2 Å². The normalized spacial score (nSPS) is 17.9. The van der Waals surface area contributed by atoms with Crippen LogP contribution in [-0.2, 0) is 12.6 Å². The number of thiol groups is 1. The molecule has 0 aliphatic carbocycles. The van der Waals surface area contributed by atoms with Crippen LogP contribution in [0, 0.1) is 10.1 Å². The number of aryl methyl sites for hydroxylation is 1. The van der Waals surface area contributed by atoms with Crippen LogP contribution in [0.4, 0.5) is 58.7 Å². The summed E-state index contributed by atoms with van der Waals surface area (Å²) in [5, 5.41) is 96.3. The molecular weight excluding hydrogens is 1850 g/mol. The molecular formula is C105H121Cl6F3N10O9S. The van der Waals surface area contributed by atoms with Gasteiger partial charge in [0, 0.05) is 289 Å². The first-order valence-electron chi connectivity index (χ1n) is 45.1. The third kappa shape index (κ3) is 19.3. The zero-order valence-corrected chi connectivity index (χ0v) is 84.7. The largest absolute Gasteiger partial charge is 0.507 e. The number of rotatable bonds is 9. The highest BCUT2D eigenvalue weighted by molar-refractivity contribution is 7.80. The van der Waals surface area contributed by atoms with Gasteiger partial charge in [-0.25, -0.2) is 0 Å². The first-order valence-corrected chi connectivity index (χ1v) is 48.8. The summed E-state index contributed by atoms with van der Waals surface area (Å²) in [7, 11) is 0. The monoisotopic (exact) mass is 1960 g/mol. The standard InChI is InChI=1S/C19H24ClNO.C18H19ClF3NO.C17H19ClN4O.C17H19ClN2O3.C17H20ClNO2.C17H20ClNOS/c1-5-12-7-6-8-14-16(22)9-15-18(17(12)14)13(10-20)11-21(15)19(2,3)4;1-17(2,3)23-9-10(8-19)15-13(23)7-14(24)11-5-4-6-12(16(11)15)18(20,21)22;1-17(2,3)22-9-10(8-18)15-13(22)7-14(23)11-5-4-6-12(16(11)15)20-21-19;1-17(2,3)19-9-10(8-18)15-13(19)7-14(21)11-5-4-6-12(16(11)15)20(22)23;1-17(2,3)19-9-10(8-18)15-12(19)7-14(21)11-5-4-6-13(20)16(11)15;1-17(2,3)19-9-10(8-18)15-12(19)7-13(20)11-5-4-6-14(21)16(11)15/h6-9,13,22H,5,10-11H2,1-4H3;4-7,10,24H,8-9H2,1-3H3;4-7,10,23H,8-9H2,1-3H3;4-7,10,21H,8-9H2,1-3H3;2*4-7,10,20-21H,8-9H2,1-3H3/t13-;5*10-/m111111/s1. The summed E-state index contributed by atoms with van der Waals surface area (Å²) in [5.41, 5.74) is 21.1. The molecule has 0 bridgehead atoms. The molecule has 0 spiro atoms. The summed E-state index contributed by atoms with van der Waals surface area (Å²) in [6.45, 7) is 45.0. The Morgan fingerprint density at radius 3 is 0.963 bits per heavy atom. The maximum atomic E-state index is 13.6. The lowest BCUT2D eigenvalue weighted by Crippen LogP contribution is -2.40. The summed E-state index contributed by atoms with van der Waals surface area (Å²) in [6.07, 6.45) is -3.54. The SMILES string of the molecule is CC(C)(C)N1C[C@@H](CCl)c2c1cc(O)c1cccc(C(F)(F)F)c21.CC(C)(C)N1C[C@@H](CCl)c2c1cc(O)c1cccc(N=[N+]=[N-])c21.CC(C)(C)N1C[C@@H](CCl)c2c1cc(O)c1cccc(O)c21.CC(C)(C)N1C[C@@H](CCl)c2c1cc(O)c1cccc(S)c21.CC(C)(C)N1C[C@@H](CCl)c2c1cc(O)c1cccc([N+](=O)[O-])c21.CCc1cccc2c(O)cc3c(c12)[C@H](CCl)CN3C(C)(C)C. The van der Waals surface area contributed by atoms with E-state index >= 15 is 0 Å². The summed E-state index contributed by atoms with van der Waals surface area (Å²) in [4.78, 5) is 28.3. The molecule has 134 heavy (non-hydrogen) atoms. The molecule has 19 nitrogen and oxygen atoms in total. The van der Waals surface area contributed by atoms with Crippen molar-refractivity contribution in [2.45, 2.75) is 218 Å². The van der Waals surface area contributed by atoms with Gasteiger partial charge in [0.25, 0.3) is 5.69 Å². The van der Waals surface area contributed by atoms with Crippen molar-refractivity contribution in [2.24, 2.45) is 5.11 Å². The Hall–Kier alpha value is -9.81. The fourth-order valence-corrected chi connectivity index (χ4v) is 22.3. The van der Waals surface area contributed by atoms with Crippen LogP contribution >= 0.6 is 82.2 Å². The van der Waals surface area contributed by atoms with Crippen molar-refractivity contribution in [3.63, 3.8) is 0 Å². The van der Waals surface area contributed by atoms with Crippen molar-refractivity contribution in [3.05, 3.63) is 211 Å². The molecule has 18 rings (SSSR count). The first kappa shape index (κ1) is 102. The molecule has 6 atom stereocenters. The highest BCUT2D eigenvalue weighted by Gasteiger charge is 2.46. The van der Waals surface area contributed by atoms with E-state index in [-0.39, 0.29) is 114 Å². The number of non-ortho nitro benzene ring substituents is 1. The highest BCUT2D eigenvalue weighted by Crippen LogP contribution is 2.58. The van der Waals surface area contributed by atoms with Crippen molar-refractivity contribution in [1.82, 2.24) is 0 Å². The molecule has 6 aliphatic heterocycles. The number of hydrogen-bond acceptors (Lipinski definition) is 17. The number of phenolic OH excluding ortho intramolecular Hbond substituents is 7. The number of fused-ring (bicyclic) bond motifs is 18. The van der Waals surface area contributed by atoms with E-state index in [2.05, 4.69) is 164 Å². The van der Waals surface area contributed by atoms with Gasteiger partial charge in [-0.1, -0.05) is 97.0 Å². The number of aromatic hydroxyl groups is 7. The van der Waals surface area contributed by atoms with Gasteiger partial charge in [0.15, 0.2) is 0 Å². The van der Waals surface area contributed by atoms with Crippen molar-refractivity contribution in [1.29, 1.82) is 0 Å². The van der Waals surface area contributed by atoms with Gasteiger partial charge in [-0.3, -0.25) is 10.1 Å². The molecule has 12 aromatic rings. The van der Waals surface area contributed by atoms with Crippen LogP contribution in [-0.4, -0.2) is 148 Å². The highest BCUT2D eigenvalue weighted by atomic mass is 35.5. The Morgan fingerprint density at radius 2 is 0.634 bits per heavy atom. The van der Waals surface area contributed by atoms with E-state index in [4.69, 9.17) is 75.1 Å². The van der Waals surface area contributed by atoms with Crippen LogP contribution in [0.1, 0.15) is 212 Å². The van der Waals surface area contributed by atoms with E-state index < -0.39 is 16.7 Å². The van der Waals surface area contributed by atoms with Gasteiger partial charge in [0.2, 0.25) is 0 Å². The molecule has 0 saturated carbocycles. The molecule has 6 heterocycles. The van der Waals surface area contributed by atoms with Crippen molar-refractivity contribution in [3.8, 4) is 40.2 Å². The molecule has 0 aromatic heterocycles. The Kier molecular flexibility index (Phi) is 29.3. The van der Waals surface area contributed by atoms with Crippen LogP contribution in [0.3, 0.4) is 0 Å². The van der Waals surface area contributed by atoms with Gasteiger partial charge in [-0.2, -0.15) is 13.2 Å². The number of hydrogen-bond donors (Lipinski definition) is 8. The lowest BCUT2D eigenvalue weighted by Gasteiger charge is -2.35. The van der Waals surface area contributed by atoms with E-state index in [0.717, 1.165) is 116 Å². The molecule has 0 unspecified atom stereocenters. The fraction of sp³-hybridized carbons (Fsp3) is 0.429. The van der Waals surface area contributed by atoms with E-state index in [1.54, 1.807) is 60.7 Å². The predicted octanol–water partition coefficient (Wildman–Crippen LogP) is 29.3. The topological polar surface area (TPSA) is 253 Å². The molecule has 0 radical (unpaired) electrons. The Labute approximate surface area is 818 Å². The van der Waals surface area contributed by atoms with Gasteiger partial charge in [-0.15, -0.1) is 82.2 Å². The Bertz CT molecular complexity index is 6330. The zero-order chi connectivity index (χ0) is 98.4. The Balaban J connectivity index is 0.000000136. The van der Waals surface area contributed by atoms with Gasteiger partial charge in [-0.05, 0) is 199 Å². The maximum Gasteiger partial charge on any atom is 0.417 e. The maximum absolute atomic E-state index is 13.6. The van der Waals surface area contributed by atoms with E-state index in [9.17, 15) is 59.0 Å². The number of anilines is 6. The average molecular weight is 1970 g/mol. The Morgan fingerprint density at radius 1 is 0.373 bits per heavy atom. The summed E-state index contributed by atoms with van der Waals surface area (Å²) in [5.74, 6) is 4.58. The second kappa shape index (κ2) is 38.6. The quantitative estimate of drug-likeness (QED) is 0.0127. The average Bonchev–Trinajstić information content (AvgIpc) is 1.30. The molecule has 0 fully saturated rings. The van der Waals surface area contributed by atoms with E-state index in [1.807, 2.05) is 80.3 Å². The second-order valence-corrected chi connectivity index (χ2v) is 43.8. The number of halogens is 9. The number of nitro benzene ring substituents is 1. The summed E-state index contributed by atoms with van der Waals surface area (Å²) >= 11 is 41.8. The molecule has 6 aliphatic rings.